The molecule has 100 valence electrons. The van der Waals surface area contributed by atoms with E-state index in [9.17, 15) is 0 Å². The molecule has 1 unspecified atom stereocenters. The molecule has 0 aromatic carbocycles. The summed E-state index contributed by atoms with van der Waals surface area (Å²) in [7, 11) is 0. The third kappa shape index (κ3) is 4.97. The van der Waals surface area contributed by atoms with Crippen molar-refractivity contribution in [3.63, 3.8) is 0 Å². The van der Waals surface area contributed by atoms with Gasteiger partial charge in [-0.15, -0.1) is 0 Å². The molecule has 0 amide bonds. The average Bonchev–Trinajstić information content (AvgIpc) is 3.12. The van der Waals surface area contributed by atoms with Gasteiger partial charge in [-0.1, -0.05) is 26.2 Å². The van der Waals surface area contributed by atoms with Crippen molar-refractivity contribution in [2.24, 2.45) is 5.92 Å². The minimum absolute atomic E-state index is 0.745. The second-order valence-corrected chi connectivity index (χ2v) is 6.22. The topological polar surface area (TPSA) is 15.3 Å². The van der Waals surface area contributed by atoms with Crippen LogP contribution in [0, 0.1) is 5.92 Å². The molecular weight excluding hydrogens is 208 g/mol. The Hall–Kier alpha value is -0.0800. The molecule has 2 fully saturated rings. The van der Waals surface area contributed by atoms with E-state index in [-0.39, 0.29) is 0 Å². The fourth-order valence-corrected chi connectivity index (χ4v) is 3.03. The molecule has 1 aliphatic carbocycles. The van der Waals surface area contributed by atoms with E-state index < -0.39 is 0 Å². The van der Waals surface area contributed by atoms with E-state index in [1.807, 2.05) is 0 Å². The smallest absolute Gasteiger partial charge is 0.00938 e. The first kappa shape index (κ1) is 13.4. The Kier molecular flexibility index (Phi) is 5.30. The van der Waals surface area contributed by atoms with Gasteiger partial charge in [0.2, 0.25) is 0 Å². The number of nitrogens with one attached hydrogen (secondary N) is 1. The standard InChI is InChI=1S/C15H30N2/c1-3-4-9-17-10-7-15(8-11-17)16-13(2)12-14-5-6-14/h13-16H,3-12H2,1-2H3. The quantitative estimate of drug-likeness (QED) is 0.733. The van der Waals surface area contributed by atoms with Gasteiger partial charge in [0.15, 0.2) is 0 Å². The molecule has 1 saturated carbocycles. The van der Waals surface area contributed by atoms with Crippen LogP contribution in [0.1, 0.15) is 58.8 Å². The van der Waals surface area contributed by atoms with E-state index in [4.69, 9.17) is 0 Å². The zero-order chi connectivity index (χ0) is 12.1. The van der Waals surface area contributed by atoms with E-state index in [1.54, 1.807) is 0 Å². The Bertz CT molecular complexity index is 205. The Balaban J connectivity index is 1.57. The van der Waals surface area contributed by atoms with Crippen molar-refractivity contribution in [3.05, 3.63) is 0 Å². The normalized spacial score (nSPS) is 25.1. The number of rotatable bonds is 7. The maximum atomic E-state index is 3.84. The maximum absolute atomic E-state index is 3.84. The van der Waals surface area contributed by atoms with Crippen LogP contribution in [0.15, 0.2) is 0 Å². The molecule has 0 bridgehead atoms. The SMILES string of the molecule is CCCCN1CCC(NC(C)CC2CC2)CC1. The summed E-state index contributed by atoms with van der Waals surface area (Å²) in [5.41, 5.74) is 0. The number of hydrogen-bond acceptors (Lipinski definition) is 2. The first-order valence-electron chi connectivity index (χ1n) is 7.76. The molecule has 0 aromatic heterocycles. The first-order chi connectivity index (χ1) is 8.28. The molecule has 2 nitrogen and oxygen atoms in total. The summed E-state index contributed by atoms with van der Waals surface area (Å²) in [4.78, 5) is 2.65. The number of unbranched alkanes of at least 4 members (excludes halogenated alkanes) is 1. The van der Waals surface area contributed by atoms with Gasteiger partial charge >= 0.3 is 0 Å². The lowest BCUT2D eigenvalue weighted by Gasteiger charge is -2.34. The van der Waals surface area contributed by atoms with E-state index in [0.29, 0.717) is 0 Å². The van der Waals surface area contributed by atoms with Crippen molar-refractivity contribution in [1.29, 1.82) is 0 Å². The molecule has 0 aromatic rings. The molecule has 1 heterocycles. The van der Waals surface area contributed by atoms with Crippen LogP contribution in [0.3, 0.4) is 0 Å². The molecule has 1 aliphatic heterocycles. The Morgan fingerprint density at radius 2 is 1.88 bits per heavy atom. The molecule has 17 heavy (non-hydrogen) atoms. The van der Waals surface area contributed by atoms with E-state index in [0.717, 1.165) is 18.0 Å². The Morgan fingerprint density at radius 1 is 1.18 bits per heavy atom. The predicted molar refractivity (Wildman–Crippen MR) is 74.3 cm³/mol. The molecule has 2 rings (SSSR count). The van der Waals surface area contributed by atoms with E-state index in [2.05, 4.69) is 24.1 Å². The summed E-state index contributed by atoms with van der Waals surface area (Å²) in [6, 6.07) is 1.54. The largest absolute Gasteiger partial charge is 0.311 e. The third-order valence-corrected chi connectivity index (χ3v) is 4.32. The van der Waals surface area contributed by atoms with Gasteiger partial charge in [0.1, 0.15) is 0 Å². The van der Waals surface area contributed by atoms with Crippen LogP contribution in [0.5, 0.6) is 0 Å². The minimum atomic E-state index is 0.745. The van der Waals surface area contributed by atoms with Crippen LogP contribution in [-0.2, 0) is 0 Å². The van der Waals surface area contributed by atoms with Crippen molar-refractivity contribution in [2.75, 3.05) is 19.6 Å². The number of likely N-dealkylation sites (tertiary alicyclic amines) is 1. The summed E-state index contributed by atoms with van der Waals surface area (Å²) < 4.78 is 0. The summed E-state index contributed by atoms with van der Waals surface area (Å²) in [6.45, 7) is 8.61. The summed E-state index contributed by atoms with van der Waals surface area (Å²) >= 11 is 0. The van der Waals surface area contributed by atoms with Crippen molar-refractivity contribution in [1.82, 2.24) is 10.2 Å². The van der Waals surface area contributed by atoms with Crippen molar-refractivity contribution < 1.29 is 0 Å². The van der Waals surface area contributed by atoms with Crippen LogP contribution < -0.4 is 5.32 Å². The monoisotopic (exact) mass is 238 g/mol. The molecule has 1 saturated heterocycles. The Morgan fingerprint density at radius 3 is 2.47 bits per heavy atom. The van der Waals surface area contributed by atoms with Gasteiger partial charge in [-0.25, -0.2) is 0 Å². The number of hydrogen-bond donors (Lipinski definition) is 1. The lowest BCUT2D eigenvalue weighted by Crippen LogP contribution is -2.45. The minimum Gasteiger partial charge on any atom is -0.311 e. The molecule has 2 aliphatic rings. The van der Waals surface area contributed by atoms with Crippen molar-refractivity contribution >= 4 is 0 Å². The molecule has 2 heteroatoms. The maximum Gasteiger partial charge on any atom is 0.00938 e. The zero-order valence-electron chi connectivity index (χ0n) is 11.8. The second kappa shape index (κ2) is 6.75. The molecule has 0 radical (unpaired) electrons. The molecule has 1 atom stereocenters. The van der Waals surface area contributed by atoms with Gasteiger partial charge in [-0.05, 0) is 58.2 Å². The van der Waals surface area contributed by atoms with Gasteiger partial charge < -0.3 is 10.2 Å². The first-order valence-corrected chi connectivity index (χ1v) is 7.76. The fraction of sp³-hybridized carbons (Fsp3) is 1.00. The molecular formula is C15H30N2. The highest BCUT2D eigenvalue weighted by Gasteiger charge is 2.25. The van der Waals surface area contributed by atoms with E-state index in [1.165, 1.54) is 64.6 Å². The van der Waals surface area contributed by atoms with Crippen LogP contribution in [-0.4, -0.2) is 36.6 Å². The highest BCUT2D eigenvalue weighted by Crippen LogP contribution is 2.33. The van der Waals surface area contributed by atoms with Gasteiger partial charge in [0.05, 0.1) is 0 Å². The third-order valence-electron chi connectivity index (χ3n) is 4.32. The number of piperidine rings is 1. The average molecular weight is 238 g/mol. The van der Waals surface area contributed by atoms with E-state index >= 15 is 0 Å². The predicted octanol–water partition coefficient (Wildman–Crippen LogP) is 3.03. The molecule has 0 spiro atoms. The summed E-state index contributed by atoms with van der Waals surface area (Å²) in [5.74, 6) is 1.06. The van der Waals surface area contributed by atoms with Gasteiger partial charge in [0, 0.05) is 12.1 Å². The second-order valence-electron chi connectivity index (χ2n) is 6.22. The van der Waals surface area contributed by atoms with Crippen LogP contribution in [0.4, 0.5) is 0 Å². The highest BCUT2D eigenvalue weighted by molar-refractivity contribution is 4.83. The molecule has 1 N–H and O–H groups in total. The number of nitrogens with zero attached hydrogens (tertiary/aromatic N) is 1. The lowest BCUT2D eigenvalue weighted by molar-refractivity contribution is 0.188. The van der Waals surface area contributed by atoms with Crippen LogP contribution >= 0.6 is 0 Å². The van der Waals surface area contributed by atoms with Crippen LogP contribution in [0.25, 0.3) is 0 Å². The van der Waals surface area contributed by atoms with Crippen molar-refractivity contribution in [2.45, 2.75) is 70.9 Å². The van der Waals surface area contributed by atoms with Crippen molar-refractivity contribution in [3.8, 4) is 0 Å². The lowest BCUT2D eigenvalue weighted by atomic mass is 10.0. The fourth-order valence-electron chi connectivity index (χ4n) is 3.03. The Labute approximate surface area is 107 Å². The van der Waals surface area contributed by atoms with Crippen LogP contribution in [0.2, 0.25) is 0 Å². The van der Waals surface area contributed by atoms with Gasteiger partial charge in [-0.2, -0.15) is 0 Å². The van der Waals surface area contributed by atoms with Gasteiger partial charge in [-0.3, -0.25) is 0 Å². The summed E-state index contributed by atoms with van der Waals surface area (Å²) in [6.07, 6.45) is 9.81. The van der Waals surface area contributed by atoms with Gasteiger partial charge in [0.25, 0.3) is 0 Å². The zero-order valence-corrected chi connectivity index (χ0v) is 11.8. The highest BCUT2D eigenvalue weighted by atomic mass is 15.1. The summed E-state index contributed by atoms with van der Waals surface area (Å²) in [5, 5.41) is 3.84.